The molecule has 0 fully saturated rings. The maximum absolute atomic E-state index is 10.9. The van der Waals surface area contributed by atoms with Crippen LogP contribution in [0.4, 0.5) is 0 Å². The molecule has 0 bridgehead atoms. The zero-order valence-electron chi connectivity index (χ0n) is 11.6. The zero-order chi connectivity index (χ0) is 14.2. The van der Waals surface area contributed by atoms with E-state index in [4.69, 9.17) is 5.11 Å². The van der Waals surface area contributed by atoms with E-state index in [1.165, 1.54) is 11.1 Å². The predicted octanol–water partition coefficient (Wildman–Crippen LogP) is 3.52. The van der Waals surface area contributed by atoms with Crippen molar-refractivity contribution in [2.24, 2.45) is 0 Å². The van der Waals surface area contributed by atoms with Gasteiger partial charge in [-0.05, 0) is 48.6 Å². The van der Waals surface area contributed by atoms with Crippen LogP contribution in [0.1, 0.15) is 46.9 Å². The summed E-state index contributed by atoms with van der Waals surface area (Å²) in [6.45, 7) is 8.38. The third-order valence-electron chi connectivity index (χ3n) is 3.44. The molecule has 0 aliphatic carbocycles. The van der Waals surface area contributed by atoms with Crippen LogP contribution >= 0.6 is 0 Å². The summed E-state index contributed by atoms with van der Waals surface area (Å²) in [6.07, 6.45) is 0. The molecule has 0 saturated carbocycles. The van der Waals surface area contributed by atoms with E-state index in [0.29, 0.717) is 11.6 Å². The van der Waals surface area contributed by atoms with Crippen molar-refractivity contribution in [2.45, 2.75) is 33.6 Å². The van der Waals surface area contributed by atoms with Gasteiger partial charge in [0.05, 0.1) is 5.69 Å². The molecule has 2 rings (SSSR count). The second-order valence-electron chi connectivity index (χ2n) is 5.14. The minimum Gasteiger partial charge on any atom is -0.477 e. The molecule has 0 aliphatic heterocycles. The summed E-state index contributed by atoms with van der Waals surface area (Å²) in [7, 11) is 0. The smallest absolute Gasteiger partial charge is 0.353 e. The minimum atomic E-state index is -0.992. The molecular weight excluding hydrogens is 240 g/mol. The van der Waals surface area contributed by atoms with Crippen molar-refractivity contribution < 1.29 is 9.90 Å². The molecular formula is C15H18N2O2. The molecule has 0 aliphatic rings. The van der Waals surface area contributed by atoms with Gasteiger partial charge in [-0.15, -0.1) is 0 Å². The van der Waals surface area contributed by atoms with Gasteiger partial charge in [0.1, 0.15) is 5.69 Å². The molecule has 2 N–H and O–H groups in total. The summed E-state index contributed by atoms with van der Waals surface area (Å²) in [5.74, 6) is -0.566. The largest absolute Gasteiger partial charge is 0.477 e. The van der Waals surface area contributed by atoms with Crippen LogP contribution in [0.2, 0.25) is 0 Å². The SMILES string of the molecule is Cc1cc(C(C)C)cc(-c2cc(C(=O)O)[nH]n2)c1C. The van der Waals surface area contributed by atoms with Gasteiger partial charge in [0.15, 0.2) is 0 Å². The molecule has 2 aromatic rings. The number of hydrogen-bond acceptors (Lipinski definition) is 2. The van der Waals surface area contributed by atoms with Crippen molar-refractivity contribution in [3.05, 3.63) is 40.6 Å². The van der Waals surface area contributed by atoms with Crippen molar-refractivity contribution in [3.63, 3.8) is 0 Å². The number of carboxylic acids is 1. The van der Waals surface area contributed by atoms with Crippen molar-refractivity contribution in [1.29, 1.82) is 0 Å². The average Bonchev–Trinajstić information content (AvgIpc) is 2.81. The van der Waals surface area contributed by atoms with Crippen LogP contribution in [0, 0.1) is 13.8 Å². The fraction of sp³-hybridized carbons (Fsp3) is 0.333. The standard InChI is InChI=1S/C15H18N2O2/c1-8(2)11-5-9(3)10(4)12(6-11)13-7-14(15(18)19)17-16-13/h5-8H,1-4H3,(H,16,17)(H,18,19). The molecule has 0 amide bonds. The zero-order valence-corrected chi connectivity index (χ0v) is 11.6. The molecule has 0 unspecified atom stereocenters. The summed E-state index contributed by atoms with van der Waals surface area (Å²) < 4.78 is 0. The minimum absolute atomic E-state index is 0.113. The Morgan fingerprint density at radius 1 is 1.26 bits per heavy atom. The van der Waals surface area contributed by atoms with Crippen molar-refractivity contribution in [2.75, 3.05) is 0 Å². The van der Waals surface area contributed by atoms with Gasteiger partial charge in [-0.1, -0.05) is 19.9 Å². The number of rotatable bonds is 3. The molecule has 100 valence electrons. The molecule has 1 heterocycles. The van der Waals surface area contributed by atoms with Crippen LogP contribution in [-0.2, 0) is 0 Å². The average molecular weight is 258 g/mol. The summed E-state index contributed by atoms with van der Waals surface area (Å²) >= 11 is 0. The first-order valence-corrected chi connectivity index (χ1v) is 6.30. The fourth-order valence-corrected chi connectivity index (χ4v) is 2.06. The van der Waals surface area contributed by atoms with Crippen molar-refractivity contribution in [1.82, 2.24) is 10.2 Å². The van der Waals surface area contributed by atoms with Gasteiger partial charge < -0.3 is 5.11 Å². The number of aromatic nitrogens is 2. The number of hydrogen-bond donors (Lipinski definition) is 2. The molecule has 4 heteroatoms. The molecule has 0 radical (unpaired) electrons. The van der Waals surface area contributed by atoms with E-state index >= 15 is 0 Å². The summed E-state index contributed by atoms with van der Waals surface area (Å²) in [5, 5.41) is 15.6. The van der Waals surface area contributed by atoms with E-state index in [1.807, 2.05) is 6.92 Å². The second-order valence-corrected chi connectivity index (χ2v) is 5.14. The number of nitrogens with one attached hydrogen (secondary N) is 1. The number of carbonyl (C=O) groups is 1. The molecule has 0 atom stereocenters. The van der Waals surface area contributed by atoms with E-state index in [0.717, 1.165) is 11.1 Å². The molecule has 4 nitrogen and oxygen atoms in total. The van der Waals surface area contributed by atoms with Gasteiger partial charge in [0, 0.05) is 5.56 Å². The van der Waals surface area contributed by atoms with Crippen LogP contribution in [-0.4, -0.2) is 21.3 Å². The molecule has 19 heavy (non-hydrogen) atoms. The first-order valence-electron chi connectivity index (χ1n) is 6.30. The van der Waals surface area contributed by atoms with Gasteiger partial charge in [0.2, 0.25) is 0 Å². The maximum atomic E-state index is 10.9. The lowest BCUT2D eigenvalue weighted by molar-refractivity contribution is 0.0690. The van der Waals surface area contributed by atoms with Crippen LogP contribution in [0.5, 0.6) is 0 Å². The first kappa shape index (κ1) is 13.3. The van der Waals surface area contributed by atoms with Crippen LogP contribution in [0.3, 0.4) is 0 Å². The van der Waals surface area contributed by atoms with Gasteiger partial charge in [0.25, 0.3) is 0 Å². The number of aromatic carboxylic acids is 1. The predicted molar refractivity (Wildman–Crippen MR) is 74.5 cm³/mol. The highest BCUT2D eigenvalue weighted by atomic mass is 16.4. The lowest BCUT2D eigenvalue weighted by atomic mass is 9.93. The maximum Gasteiger partial charge on any atom is 0.353 e. The first-order chi connectivity index (χ1) is 8.90. The van der Waals surface area contributed by atoms with Gasteiger partial charge in [-0.2, -0.15) is 5.10 Å². The third kappa shape index (κ3) is 2.52. The number of nitrogens with zero attached hydrogens (tertiary/aromatic N) is 1. The Labute approximate surface area is 112 Å². The number of benzene rings is 1. The molecule has 0 spiro atoms. The van der Waals surface area contributed by atoms with E-state index in [1.54, 1.807) is 6.07 Å². The molecule has 1 aromatic heterocycles. The van der Waals surface area contributed by atoms with E-state index in [-0.39, 0.29) is 5.69 Å². The number of aryl methyl sites for hydroxylation is 1. The summed E-state index contributed by atoms with van der Waals surface area (Å²) in [6, 6.07) is 5.84. The van der Waals surface area contributed by atoms with Crippen LogP contribution in [0.15, 0.2) is 18.2 Å². The topological polar surface area (TPSA) is 66.0 Å². The Morgan fingerprint density at radius 3 is 2.47 bits per heavy atom. The fourth-order valence-electron chi connectivity index (χ4n) is 2.06. The van der Waals surface area contributed by atoms with Crippen molar-refractivity contribution >= 4 is 5.97 Å². The second kappa shape index (κ2) is 4.88. The highest BCUT2D eigenvalue weighted by Crippen LogP contribution is 2.29. The normalized spacial score (nSPS) is 11.0. The summed E-state index contributed by atoms with van der Waals surface area (Å²) in [4.78, 5) is 10.9. The monoisotopic (exact) mass is 258 g/mol. The molecule has 1 aromatic carbocycles. The van der Waals surface area contributed by atoms with E-state index < -0.39 is 5.97 Å². The lowest BCUT2D eigenvalue weighted by Gasteiger charge is -2.12. The lowest BCUT2D eigenvalue weighted by Crippen LogP contribution is -1.95. The number of aromatic amines is 1. The highest BCUT2D eigenvalue weighted by Gasteiger charge is 2.13. The third-order valence-corrected chi connectivity index (χ3v) is 3.44. The van der Waals surface area contributed by atoms with Gasteiger partial charge >= 0.3 is 5.97 Å². The number of H-pyrrole nitrogens is 1. The van der Waals surface area contributed by atoms with Gasteiger partial charge in [-0.25, -0.2) is 4.79 Å². The van der Waals surface area contributed by atoms with E-state index in [2.05, 4.69) is 43.1 Å². The number of carboxylic acid groups (broad SMARTS) is 1. The Hall–Kier alpha value is -2.10. The van der Waals surface area contributed by atoms with Gasteiger partial charge in [-0.3, -0.25) is 5.10 Å². The summed E-state index contributed by atoms with van der Waals surface area (Å²) in [5.41, 5.74) is 5.35. The van der Waals surface area contributed by atoms with E-state index in [9.17, 15) is 4.79 Å². The Bertz CT molecular complexity index is 627. The quantitative estimate of drug-likeness (QED) is 0.885. The van der Waals surface area contributed by atoms with Crippen LogP contribution in [0.25, 0.3) is 11.3 Å². The Balaban J connectivity index is 2.56. The van der Waals surface area contributed by atoms with Crippen molar-refractivity contribution in [3.8, 4) is 11.3 Å². The Morgan fingerprint density at radius 2 is 1.95 bits per heavy atom. The highest BCUT2D eigenvalue weighted by molar-refractivity contribution is 5.87. The molecule has 0 saturated heterocycles. The Kier molecular flexibility index (Phi) is 3.42. The van der Waals surface area contributed by atoms with Crippen LogP contribution < -0.4 is 0 Å².